The molecule has 0 aromatic heterocycles. The monoisotopic (exact) mass is 278 g/mol. The highest BCUT2D eigenvalue weighted by molar-refractivity contribution is 6.03. The van der Waals surface area contributed by atoms with E-state index in [-0.39, 0.29) is 19.0 Å². The first-order valence-corrected chi connectivity index (χ1v) is 6.69. The average Bonchev–Trinajstić information content (AvgIpc) is 2.37. The van der Waals surface area contributed by atoms with Crippen LogP contribution < -0.4 is 4.74 Å². The maximum atomic E-state index is 12.1. The highest BCUT2D eigenvalue weighted by atomic mass is 16.5. The standard InChI is InChI=1S/C16H22O4/c1-6-19-15(18)16(4,5)14(17)10-20-13-8-7-11(2)9-12(13)3/h7-9H,6,10H2,1-5H3. The van der Waals surface area contributed by atoms with Crippen molar-refractivity contribution in [1.29, 1.82) is 0 Å². The maximum Gasteiger partial charge on any atom is 0.319 e. The number of Topliss-reactive ketones (excluding diaryl/α,β-unsaturated/α-hetero) is 1. The SMILES string of the molecule is CCOC(=O)C(C)(C)C(=O)COc1ccc(C)cc1C. The first-order chi connectivity index (χ1) is 9.28. The van der Waals surface area contributed by atoms with Crippen molar-refractivity contribution in [3.05, 3.63) is 29.3 Å². The average molecular weight is 278 g/mol. The predicted molar refractivity (Wildman–Crippen MR) is 76.8 cm³/mol. The van der Waals surface area contributed by atoms with Gasteiger partial charge in [0.25, 0.3) is 0 Å². The minimum atomic E-state index is -1.19. The fourth-order valence-electron chi connectivity index (χ4n) is 1.71. The van der Waals surface area contributed by atoms with Crippen LogP contribution in [0.4, 0.5) is 0 Å². The Morgan fingerprint density at radius 2 is 1.85 bits per heavy atom. The molecule has 0 saturated heterocycles. The Balaban J connectivity index is 2.69. The van der Waals surface area contributed by atoms with Gasteiger partial charge in [-0.1, -0.05) is 17.7 Å². The smallest absolute Gasteiger partial charge is 0.319 e. The summed E-state index contributed by atoms with van der Waals surface area (Å²) in [5.74, 6) is -0.159. The van der Waals surface area contributed by atoms with Gasteiger partial charge in [-0.3, -0.25) is 9.59 Å². The number of hydrogen-bond acceptors (Lipinski definition) is 4. The Hall–Kier alpha value is -1.84. The highest BCUT2D eigenvalue weighted by Crippen LogP contribution is 2.22. The maximum absolute atomic E-state index is 12.1. The van der Waals surface area contributed by atoms with Crippen molar-refractivity contribution in [3.8, 4) is 5.75 Å². The van der Waals surface area contributed by atoms with Crippen LogP contribution in [-0.4, -0.2) is 25.0 Å². The van der Waals surface area contributed by atoms with Gasteiger partial charge in [-0.15, -0.1) is 0 Å². The van der Waals surface area contributed by atoms with E-state index in [0.29, 0.717) is 5.75 Å². The summed E-state index contributed by atoms with van der Waals surface area (Å²) in [4.78, 5) is 23.8. The second kappa shape index (κ2) is 6.55. The summed E-state index contributed by atoms with van der Waals surface area (Å²) >= 11 is 0. The lowest BCUT2D eigenvalue weighted by molar-refractivity contribution is -0.158. The van der Waals surface area contributed by atoms with Crippen molar-refractivity contribution in [1.82, 2.24) is 0 Å². The van der Waals surface area contributed by atoms with Crippen LogP contribution in [0.25, 0.3) is 0 Å². The van der Waals surface area contributed by atoms with Crippen molar-refractivity contribution in [2.75, 3.05) is 13.2 Å². The van der Waals surface area contributed by atoms with E-state index in [4.69, 9.17) is 9.47 Å². The second-order valence-corrected chi connectivity index (χ2v) is 5.33. The molecule has 110 valence electrons. The Morgan fingerprint density at radius 1 is 1.20 bits per heavy atom. The van der Waals surface area contributed by atoms with Crippen LogP contribution >= 0.6 is 0 Å². The normalized spacial score (nSPS) is 11.1. The molecule has 0 fully saturated rings. The van der Waals surface area contributed by atoms with Crippen LogP contribution in [0.15, 0.2) is 18.2 Å². The number of ketones is 1. The van der Waals surface area contributed by atoms with E-state index in [9.17, 15) is 9.59 Å². The number of hydrogen-bond donors (Lipinski definition) is 0. The third kappa shape index (κ3) is 3.83. The summed E-state index contributed by atoms with van der Waals surface area (Å²) < 4.78 is 10.4. The molecule has 20 heavy (non-hydrogen) atoms. The molecule has 0 heterocycles. The van der Waals surface area contributed by atoms with E-state index in [1.54, 1.807) is 20.8 Å². The van der Waals surface area contributed by atoms with Crippen molar-refractivity contribution in [2.24, 2.45) is 5.41 Å². The Labute approximate surface area is 120 Å². The minimum absolute atomic E-state index is 0.143. The van der Waals surface area contributed by atoms with E-state index in [1.807, 2.05) is 32.0 Å². The molecule has 4 heteroatoms. The van der Waals surface area contributed by atoms with E-state index in [2.05, 4.69) is 0 Å². The van der Waals surface area contributed by atoms with E-state index < -0.39 is 11.4 Å². The molecule has 1 rings (SSSR count). The molecule has 0 aliphatic rings. The number of rotatable bonds is 6. The zero-order valence-corrected chi connectivity index (χ0v) is 12.8. The summed E-state index contributed by atoms with van der Waals surface area (Å²) in [7, 11) is 0. The zero-order chi connectivity index (χ0) is 15.3. The van der Waals surface area contributed by atoms with Gasteiger partial charge in [0, 0.05) is 0 Å². The Kier molecular flexibility index (Phi) is 5.31. The van der Waals surface area contributed by atoms with Crippen molar-refractivity contribution in [3.63, 3.8) is 0 Å². The zero-order valence-electron chi connectivity index (χ0n) is 12.8. The van der Waals surface area contributed by atoms with E-state index >= 15 is 0 Å². The molecule has 0 atom stereocenters. The molecule has 0 aliphatic heterocycles. The lowest BCUT2D eigenvalue weighted by Gasteiger charge is -2.21. The number of carbonyl (C=O) groups is 2. The molecule has 0 bridgehead atoms. The molecule has 0 spiro atoms. The fraction of sp³-hybridized carbons (Fsp3) is 0.500. The molecule has 0 N–H and O–H groups in total. The van der Waals surface area contributed by atoms with Gasteiger partial charge < -0.3 is 9.47 Å². The van der Waals surface area contributed by atoms with Crippen molar-refractivity contribution >= 4 is 11.8 Å². The van der Waals surface area contributed by atoms with E-state index in [1.165, 1.54) is 0 Å². The minimum Gasteiger partial charge on any atom is -0.486 e. The summed E-state index contributed by atoms with van der Waals surface area (Å²) in [5, 5.41) is 0. The number of benzene rings is 1. The molecule has 1 aromatic rings. The third-order valence-electron chi connectivity index (χ3n) is 3.17. The van der Waals surface area contributed by atoms with Crippen LogP contribution in [0.1, 0.15) is 31.9 Å². The van der Waals surface area contributed by atoms with Gasteiger partial charge in [-0.05, 0) is 46.2 Å². The number of esters is 1. The first kappa shape index (κ1) is 16.2. The Morgan fingerprint density at radius 3 is 2.40 bits per heavy atom. The van der Waals surface area contributed by atoms with E-state index in [0.717, 1.165) is 11.1 Å². The van der Waals surface area contributed by atoms with Gasteiger partial charge in [0.05, 0.1) is 6.61 Å². The fourth-order valence-corrected chi connectivity index (χ4v) is 1.71. The number of aryl methyl sites for hydroxylation is 2. The molecule has 0 radical (unpaired) electrons. The van der Waals surface area contributed by atoms with Crippen molar-refractivity contribution in [2.45, 2.75) is 34.6 Å². The highest BCUT2D eigenvalue weighted by Gasteiger charge is 2.37. The van der Waals surface area contributed by atoms with Crippen LogP contribution in [0.3, 0.4) is 0 Å². The molecule has 0 amide bonds. The molecule has 0 saturated carbocycles. The molecule has 0 aliphatic carbocycles. The van der Waals surface area contributed by atoms with Gasteiger partial charge in [-0.2, -0.15) is 0 Å². The van der Waals surface area contributed by atoms with Gasteiger partial charge in [0.15, 0.2) is 5.78 Å². The summed E-state index contributed by atoms with van der Waals surface area (Å²) in [5.41, 5.74) is 0.911. The first-order valence-electron chi connectivity index (χ1n) is 6.69. The number of ether oxygens (including phenoxy) is 2. The lowest BCUT2D eigenvalue weighted by Crippen LogP contribution is -2.38. The van der Waals surface area contributed by atoms with Crippen LogP contribution in [0.5, 0.6) is 5.75 Å². The quantitative estimate of drug-likeness (QED) is 0.593. The lowest BCUT2D eigenvalue weighted by atomic mass is 9.88. The van der Waals surface area contributed by atoms with Crippen LogP contribution in [-0.2, 0) is 14.3 Å². The summed E-state index contributed by atoms with van der Waals surface area (Å²) in [6, 6.07) is 5.73. The molecule has 4 nitrogen and oxygen atoms in total. The van der Waals surface area contributed by atoms with Crippen molar-refractivity contribution < 1.29 is 19.1 Å². The predicted octanol–water partition coefficient (Wildman–Crippen LogP) is 2.84. The Bertz CT molecular complexity index is 503. The molecule has 0 unspecified atom stereocenters. The van der Waals surface area contributed by atoms with Gasteiger partial charge >= 0.3 is 5.97 Å². The van der Waals surface area contributed by atoms with Gasteiger partial charge in [0.2, 0.25) is 0 Å². The number of carbonyl (C=O) groups excluding carboxylic acids is 2. The van der Waals surface area contributed by atoms with Crippen LogP contribution in [0, 0.1) is 19.3 Å². The molecular weight excluding hydrogens is 256 g/mol. The summed E-state index contributed by atoms with van der Waals surface area (Å²) in [6.45, 7) is 8.85. The van der Waals surface area contributed by atoms with Gasteiger partial charge in [-0.25, -0.2) is 0 Å². The largest absolute Gasteiger partial charge is 0.486 e. The third-order valence-corrected chi connectivity index (χ3v) is 3.17. The molecular formula is C16H22O4. The van der Waals surface area contributed by atoms with Gasteiger partial charge in [0.1, 0.15) is 17.8 Å². The van der Waals surface area contributed by atoms with Crippen LogP contribution in [0.2, 0.25) is 0 Å². The summed E-state index contributed by atoms with van der Waals surface area (Å²) in [6.07, 6.45) is 0. The molecule has 1 aromatic carbocycles. The second-order valence-electron chi connectivity index (χ2n) is 5.33. The topological polar surface area (TPSA) is 52.6 Å².